The quantitative estimate of drug-likeness (QED) is 0.388. The molecule has 1 unspecified atom stereocenters. The molecule has 0 fully saturated rings. The Morgan fingerprint density at radius 2 is 1.87 bits per heavy atom. The number of nitrogens with one attached hydrogen (secondary N) is 1. The number of ether oxygens (including phenoxy) is 1. The van der Waals surface area contributed by atoms with Crippen LogP contribution in [0.2, 0.25) is 0 Å². The maximum absolute atomic E-state index is 12.5. The highest BCUT2D eigenvalue weighted by Crippen LogP contribution is 2.22. The van der Waals surface area contributed by atoms with Crippen molar-refractivity contribution >= 4 is 15.5 Å². The Labute approximate surface area is 135 Å². The third-order valence-electron chi connectivity index (χ3n) is 3.30. The molecule has 8 heteroatoms. The van der Waals surface area contributed by atoms with Gasteiger partial charge >= 0.3 is 0 Å². The van der Waals surface area contributed by atoms with E-state index in [9.17, 15) is 8.42 Å². The Kier molecular flexibility index (Phi) is 5.56. The van der Waals surface area contributed by atoms with Gasteiger partial charge in [-0.2, -0.15) is 5.53 Å². The number of sulfone groups is 1. The van der Waals surface area contributed by atoms with Gasteiger partial charge in [0.05, 0.1) is 18.6 Å². The molecule has 0 aliphatic rings. The van der Waals surface area contributed by atoms with E-state index in [0.717, 1.165) is 0 Å². The smallest absolute Gasteiger partial charge is 0.197 e. The minimum atomic E-state index is -3.67. The highest BCUT2D eigenvalue weighted by Gasteiger charge is 2.28. The average Bonchev–Trinajstić information content (AvgIpc) is 2.56. The zero-order valence-corrected chi connectivity index (χ0v) is 13.5. The van der Waals surface area contributed by atoms with Gasteiger partial charge in [-0.3, -0.25) is 16.6 Å². The van der Waals surface area contributed by atoms with Gasteiger partial charge in [0, 0.05) is 6.07 Å². The van der Waals surface area contributed by atoms with E-state index in [-0.39, 0.29) is 5.75 Å². The summed E-state index contributed by atoms with van der Waals surface area (Å²) in [5.41, 5.74) is 8.06. The summed E-state index contributed by atoms with van der Waals surface area (Å²) in [7, 11) is -2.15. The van der Waals surface area contributed by atoms with Crippen LogP contribution in [0.3, 0.4) is 0 Å². The first kappa shape index (κ1) is 17.2. The van der Waals surface area contributed by atoms with Gasteiger partial charge in [0.1, 0.15) is 5.75 Å². The molecule has 0 spiro atoms. The van der Waals surface area contributed by atoms with E-state index in [1.54, 1.807) is 48.5 Å². The van der Waals surface area contributed by atoms with Crippen molar-refractivity contribution in [3.8, 4) is 5.75 Å². The zero-order valence-electron chi connectivity index (χ0n) is 12.7. The lowest BCUT2D eigenvalue weighted by Gasteiger charge is -2.29. The molecule has 0 radical (unpaired) electrons. The number of hydrogen-bond acceptors (Lipinski definition) is 7. The Morgan fingerprint density at radius 1 is 1.17 bits per heavy atom. The van der Waals surface area contributed by atoms with Gasteiger partial charge < -0.3 is 4.74 Å². The van der Waals surface area contributed by atoms with Crippen LogP contribution in [0.5, 0.6) is 5.75 Å². The van der Waals surface area contributed by atoms with Crippen molar-refractivity contribution in [1.29, 1.82) is 0 Å². The van der Waals surface area contributed by atoms with Gasteiger partial charge in [-0.1, -0.05) is 36.4 Å². The molecule has 0 aliphatic heterocycles. The van der Waals surface area contributed by atoms with Crippen LogP contribution in [-0.4, -0.2) is 21.0 Å². The predicted molar refractivity (Wildman–Crippen MR) is 89.8 cm³/mol. The SMILES string of the molecule is COc1cccc(N(NN)C(N)S(=O)(=O)Cc2ccccc2)c1. The summed E-state index contributed by atoms with van der Waals surface area (Å²) in [6.07, 6.45) is 0. The fourth-order valence-corrected chi connectivity index (χ4v) is 3.44. The van der Waals surface area contributed by atoms with Gasteiger partial charge in [-0.25, -0.2) is 8.42 Å². The third kappa shape index (κ3) is 4.20. The first-order valence-electron chi connectivity index (χ1n) is 6.88. The van der Waals surface area contributed by atoms with E-state index < -0.39 is 15.3 Å². The molecule has 7 nitrogen and oxygen atoms in total. The first-order valence-corrected chi connectivity index (χ1v) is 8.60. The molecule has 2 aromatic carbocycles. The summed E-state index contributed by atoms with van der Waals surface area (Å²) < 4.78 is 30.2. The molecular formula is C15H20N4O3S. The third-order valence-corrected chi connectivity index (χ3v) is 4.99. The van der Waals surface area contributed by atoms with Crippen molar-refractivity contribution in [3.05, 3.63) is 60.2 Å². The van der Waals surface area contributed by atoms with Crippen molar-refractivity contribution in [2.75, 3.05) is 12.1 Å². The lowest BCUT2D eigenvalue weighted by Crippen LogP contribution is -2.57. The Balaban J connectivity index is 2.26. The van der Waals surface area contributed by atoms with Crippen LogP contribution in [0.4, 0.5) is 5.69 Å². The molecule has 0 bridgehead atoms. The molecule has 0 aromatic heterocycles. The standard InChI is InChI=1S/C15H20N4O3S/c1-22-14-9-5-8-13(10-14)19(18-17)15(16)23(20,21)11-12-6-3-2-4-7-12/h2-10,15,18H,11,16-17H2,1H3. The van der Waals surface area contributed by atoms with Crippen LogP contribution in [0.15, 0.2) is 54.6 Å². The topological polar surface area (TPSA) is 111 Å². The van der Waals surface area contributed by atoms with Crippen molar-refractivity contribution in [3.63, 3.8) is 0 Å². The van der Waals surface area contributed by atoms with Crippen LogP contribution < -0.4 is 26.9 Å². The molecule has 2 rings (SSSR count). The molecular weight excluding hydrogens is 316 g/mol. The first-order chi connectivity index (χ1) is 11.0. The van der Waals surface area contributed by atoms with Gasteiger partial charge in [0.25, 0.3) is 0 Å². The number of anilines is 1. The molecule has 23 heavy (non-hydrogen) atoms. The summed E-state index contributed by atoms with van der Waals surface area (Å²) in [5, 5.41) is 1.18. The van der Waals surface area contributed by atoms with E-state index >= 15 is 0 Å². The maximum atomic E-state index is 12.5. The highest BCUT2D eigenvalue weighted by molar-refractivity contribution is 7.91. The number of benzene rings is 2. The second-order valence-corrected chi connectivity index (χ2v) is 6.98. The molecule has 2 aromatic rings. The van der Waals surface area contributed by atoms with Crippen molar-refractivity contribution in [2.24, 2.45) is 11.6 Å². The number of methoxy groups -OCH3 is 1. The summed E-state index contributed by atoms with van der Waals surface area (Å²) >= 11 is 0. The van der Waals surface area contributed by atoms with E-state index in [1.807, 2.05) is 6.07 Å². The summed E-state index contributed by atoms with van der Waals surface area (Å²) in [5.74, 6) is 5.86. The van der Waals surface area contributed by atoms with E-state index in [1.165, 1.54) is 12.1 Å². The van der Waals surface area contributed by atoms with Crippen molar-refractivity contribution in [1.82, 2.24) is 5.53 Å². The monoisotopic (exact) mass is 336 g/mol. The normalized spacial score (nSPS) is 12.7. The number of nitrogens with zero attached hydrogens (tertiary/aromatic N) is 1. The van der Waals surface area contributed by atoms with Crippen LogP contribution >= 0.6 is 0 Å². The van der Waals surface area contributed by atoms with Gasteiger partial charge in [-0.05, 0) is 17.7 Å². The molecule has 5 N–H and O–H groups in total. The number of rotatable bonds is 7. The fraction of sp³-hybridized carbons (Fsp3) is 0.200. The van der Waals surface area contributed by atoms with Crippen LogP contribution in [0.1, 0.15) is 5.56 Å². The Morgan fingerprint density at radius 3 is 2.48 bits per heavy atom. The van der Waals surface area contributed by atoms with Gasteiger partial charge in [-0.15, -0.1) is 0 Å². The van der Waals surface area contributed by atoms with E-state index in [2.05, 4.69) is 5.53 Å². The molecule has 1 atom stereocenters. The molecule has 124 valence electrons. The second kappa shape index (κ2) is 7.42. The van der Waals surface area contributed by atoms with E-state index in [4.69, 9.17) is 16.3 Å². The highest BCUT2D eigenvalue weighted by atomic mass is 32.2. The molecule has 0 saturated carbocycles. The number of nitrogens with two attached hydrogens (primary N) is 2. The molecule has 0 heterocycles. The average molecular weight is 336 g/mol. The Hall–Kier alpha value is -2.13. The van der Waals surface area contributed by atoms with Crippen LogP contribution in [-0.2, 0) is 15.6 Å². The summed E-state index contributed by atoms with van der Waals surface area (Å²) in [6.45, 7) is 0. The summed E-state index contributed by atoms with van der Waals surface area (Å²) in [6, 6.07) is 15.6. The van der Waals surface area contributed by atoms with Crippen LogP contribution in [0, 0.1) is 0 Å². The maximum Gasteiger partial charge on any atom is 0.197 e. The number of hydrogen-bond donors (Lipinski definition) is 3. The molecule has 0 aliphatic carbocycles. The lowest BCUT2D eigenvalue weighted by atomic mass is 10.2. The minimum absolute atomic E-state index is 0.183. The second-order valence-electron chi connectivity index (χ2n) is 4.88. The van der Waals surface area contributed by atoms with Crippen molar-refractivity contribution in [2.45, 2.75) is 11.3 Å². The number of hydrazine groups is 2. The van der Waals surface area contributed by atoms with Crippen molar-refractivity contribution < 1.29 is 13.2 Å². The predicted octanol–water partition coefficient (Wildman–Crippen LogP) is 0.737. The Bertz CT molecular complexity index is 737. The van der Waals surface area contributed by atoms with Gasteiger partial charge in [0.2, 0.25) is 0 Å². The lowest BCUT2D eigenvalue weighted by molar-refractivity contribution is 0.414. The fourth-order valence-electron chi connectivity index (χ4n) is 2.11. The largest absolute Gasteiger partial charge is 0.497 e. The minimum Gasteiger partial charge on any atom is -0.497 e. The van der Waals surface area contributed by atoms with Gasteiger partial charge in [0.15, 0.2) is 15.3 Å². The summed E-state index contributed by atoms with van der Waals surface area (Å²) in [4.78, 5) is 0. The molecule has 0 amide bonds. The molecule has 0 saturated heterocycles. The van der Waals surface area contributed by atoms with Crippen LogP contribution in [0.25, 0.3) is 0 Å². The van der Waals surface area contributed by atoms with E-state index in [0.29, 0.717) is 17.0 Å². The zero-order chi connectivity index (χ0) is 16.9.